The molecule has 158 valence electrons. The lowest BCUT2D eigenvalue weighted by molar-refractivity contribution is -0.117. The number of carbonyl (C=O) groups is 1. The fourth-order valence-electron chi connectivity index (χ4n) is 2.71. The van der Waals surface area contributed by atoms with E-state index in [9.17, 15) is 18.0 Å². The molecule has 0 aliphatic carbocycles. The average Bonchev–Trinajstić information content (AvgIpc) is 2.73. The first kappa shape index (κ1) is 21.1. The highest BCUT2D eigenvalue weighted by Gasteiger charge is 2.28. The predicted molar refractivity (Wildman–Crippen MR) is 108 cm³/mol. The van der Waals surface area contributed by atoms with Gasteiger partial charge in [-0.15, -0.1) is 0 Å². The Hall–Kier alpha value is -3.63. The number of carbonyl (C=O) groups excluding carboxylic acids is 1. The fourth-order valence-corrected chi connectivity index (χ4v) is 2.71. The molecule has 1 aromatic carbocycles. The lowest BCUT2D eigenvalue weighted by Gasteiger charge is -2.31. The third-order valence-electron chi connectivity index (χ3n) is 4.56. The number of nitrogens with one attached hydrogen (secondary N) is 2. The first-order chi connectivity index (χ1) is 14.3. The average molecular weight is 419 g/mol. The van der Waals surface area contributed by atoms with E-state index in [1.165, 1.54) is 18.6 Å². The standard InChI is InChI=1S/C19H20F3N7O/c1-10-18(30)27-15-9-26-19(28-17(15)29(10)2)25-8-12(5-23)7-24-6-11-3-13(20)16(22)14(21)4-11/h3-5,7,9-10H,6,8,23H2,1-2H3,(H,27,30)(H,25,26,28)/b12-5+,24-7?/t10-/m1/s1. The monoisotopic (exact) mass is 419 g/mol. The molecule has 0 saturated carbocycles. The SMILES string of the molecule is C[C@@H]1C(=O)Nc2cnc(NC/C(C=NCc3cc(F)c(F)c(F)c3)=C/N)nc2N1C. The zero-order valence-electron chi connectivity index (χ0n) is 16.3. The molecule has 0 unspecified atom stereocenters. The van der Waals surface area contributed by atoms with Crippen LogP contribution in [0.3, 0.4) is 0 Å². The molecule has 1 aliphatic rings. The number of benzene rings is 1. The van der Waals surface area contributed by atoms with Crippen LogP contribution in [0.1, 0.15) is 12.5 Å². The predicted octanol–water partition coefficient (Wildman–Crippen LogP) is 2.20. The smallest absolute Gasteiger partial charge is 0.246 e. The summed E-state index contributed by atoms with van der Waals surface area (Å²) in [6, 6.07) is 1.40. The number of anilines is 3. The Morgan fingerprint density at radius 3 is 2.73 bits per heavy atom. The molecule has 0 bridgehead atoms. The lowest BCUT2D eigenvalue weighted by Crippen LogP contribution is -2.44. The van der Waals surface area contributed by atoms with Crippen LogP contribution in [0.4, 0.5) is 30.6 Å². The minimum atomic E-state index is -1.51. The van der Waals surface area contributed by atoms with Crippen molar-refractivity contribution in [1.82, 2.24) is 9.97 Å². The molecule has 30 heavy (non-hydrogen) atoms. The van der Waals surface area contributed by atoms with Gasteiger partial charge in [-0.25, -0.2) is 18.2 Å². The second-order valence-electron chi connectivity index (χ2n) is 6.65. The number of likely N-dealkylation sites (N-methyl/N-ethyl adjacent to an activating group) is 1. The molecule has 2 aromatic rings. The summed E-state index contributed by atoms with van der Waals surface area (Å²) in [4.78, 5) is 26.2. The number of hydrogen-bond donors (Lipinski definition) is 3. The van der Waals surface area contributed by atoms with Gasteiger partial charge in [0.25, 0.3) is 0 Å². The van der Waals surface area contributed by atoms with Crippen LogP contribution >= 0.6 is 0 Å². The highest BCUT2D eigenvalue weighted by molar-refractivity contribution is 6.02. The van der Waals surface area contributed by atoms with E-state index in [1.54, 1.807) is 18.9 Å². The van der Waals surface area contributed by atoms with Gasteiger partial charge in [0.15, 0.2) is 23.3 Å². The third kappa shape index (κ3) is 4.50. The number of nitrogens with two attached hydrogens (primary N) is 1. The van der Waals surface area contributed by atoms with Gasteiger partial charge in [0.05, 0.1) is 12.7 Å². The minimum absolute atomic E-state index is 0.0524. The number of hydrogen-bond acceptors (Lipinski definition) is 7. The number of aromatic nitrogens is 2. The summed E-state index contributed by atoms with van der Waals surface area (Å²) in [6.45, 7) is 1.94. The minimum Gasteiger partial charge on any atom is -0.404 e. The van der Waals surface area contributed by atoms with Gasteiger partial charge in [-0.05, 0) is 24.6 Å². The summed E-state index contributed by atoms with van der Waals surface area (Å²) in [5, 5.41) is 5.73. The van der Waals surface area contributed by atoms with Crippen molar-refractivity contribution < 1.29 is 18.0 Å². The molecule has 8 nitrogen and oxygen atoms in total. The number of fused-ring (bicyclic) bond motifs is 1. The molecular weight excluding hydrogens is 399 g/mol. The second-order valence-corrected chi connectivity index (χ2v) is 6.65. The number of nitrogens with zero attached hydrogens (tertiary/aromatic N) is 4. The Kier molecular flexibility index (Phi) is 6.19. The van der Waals surface area contributed by atoms with Crippen LogP contribution < -0.4 is 21.3 Å². The lowest BCUT2D eigenvalue weighted by atomic mass is 10.2. The van der Waals surface area contributed by atoms with Crippen molar-refractivity contribution in [2.75, 3.05) is 29.1 Å². The maximum absolute atomic E-state index is 13.2. The van der Waals surface area contributed by atoms with Crippen molar-refractivity contribution >= 4 is 29.6 Å². The molecule has 0 radical (unpaired) electrons. The van der Waals surface area contributed by atoms with Gasteiger partial charge >= 0.3 is 0 Å². The zero-order chi connectivity index (χ0) is 21.8. The number of aliphatic imine (C=N–C) groups is 1. The molecule has 0 fully saturated rings. The summed E-state index contributed by atoms with van der Waals surface area (Å²) in [7, 11) is 1.76. The maximum atomic E-state index is 13.2. The highest BCUT2D eigenvalue weighted by Crippen LogP contribution is 2.28. The van der Waals surface area contributed by atoms with Crippen molar-refractivity contribution in [3.8, 4) is 0 Å². The van der Waals surface area contributed by atoms with E-state index in [2.05, 4.69) is 25.6 Å². The van der Waals surface area contributed by atoms with Gasteiger partial charge in [0.1, 0.15) is 11.7 Å². The molecule has 0 saturated heterocycles. The van der Waals surface area contributed by atoms with E-state index >= 15 is 0 Å². The second kappa shape index (κ2) is 8.80. The van der Waals surface area contributed by atoms with Gasteiger partial charge in [-0.1, -0.05) is 0 Å². The van der Waals surface area contributed by atoms with E-state index in [-0.39, 0.29) is 30.6 Å². The van der Waals surface area contributed by atoms with Crippen molar-refractivity contribution in [2.45, 2.75) is 19.5 Å². The molecule has 3 rings (SSSR count). The van der Waals surface area contributed by atoms with Gasteiger partial charge in [-0.2, -0.15) is 4.98 Å². The van der Waals surface area contributed by atoms with Crippen LogP contribution in [0.15, 0.2) is 35.1 Å². The summed E-state index contributed by atoms with van der Waals surface area (Å²) in [5.74, 6) is -3.29. The van der Waals surface area contributed by atoms with E-state index in [4.69, 9.17) is 5.73 Å². The number of halogens is 3. The Bertz CT molecular complexity index is 1000. The quantitative estimate of drug-likeness (QED) is 0.489. The Labute approximate surface area is 170 Å². The first-order valence-electron chi connectivity index (χ1n) is 8.98. The van der Waals surface area contributed by atoms with Gasteiger partial charge in [0, 0.05) is 31.6 Å². The van der Waals surface area contributed by atoms with Crippen LogP contribution in [0, 0.1) is 17.5 Å². The Balaban J connectivity index is 1.62. The van der Waals surface area contributed by atoms with Crippen LogP contribution in [0.25, 0.3) is 0 Å². The van der Waals surface area contributed by atoms with Crippen molar-refractivity contribution in [3.63, 3.8) is 0 Å². The number of rotatable bonds is 6. The molecule has 11 heteroatoms. The molecule has 0 spiro atoms. The molecule has 1 aliphatic heterocycles. The van der Waals surface area contributed by atoms with Crippen LogP contribution in [-0.2, 0) is 11.3 Å². The van der Waals surface area contributed by atoms with Crippen LogP contribution in [-0.4, -0.2) is 41.7 Å². The molecule has 1 aromatic heterocycles. The van der Waals surface area contributed by atoms with Crippen LogP contribution in [0.5, 0.6) is 0 Å². The molecular formula is C19H20F3N7O. The topological polar surface area (TPSA) is 109 Å². The summed E-state index contributed by atoms with van der Waals surface area (Å²) in [5.41, 5.74) is 6.86. The summed E-state index contributed by atoms with van der Waals surface area (Å²) < 4.78 is 39.5. The molecule has 1 amide bonds. The molecule has 4 N–H and O–H groups in total. The summed E-state index contributed by atoms with van der Waals surface area (Å²) >= 11 is 0. The zero-order valence-corrected chi connectivity index (χ0v) is 16.3. The van der Waals surface area contributed by atoms with Gasteiger partial charge < -0.3 is 21.3 Å². The van der Waals surface area contributed by atoms with Crippen molar-refractivity contribution in [1.29, 1.82) is 0 Å². The van der Waals surface area contributed by atoms with E-state index in [1.807, 2.05) is 0 Å². The highest BCUT2D eigenvalue weighted by atomic mass is 19.2. The van der Waals surface area contributed by atoms with Crippen molar-refractivity contribution in [3.05, 3.63) is 53.1 Å². The van der Waals surface area contributed by atoms with Crippen LogP contribution in [0.2, 0.25) is 0 Å². The maximum Gasteiger partial charge on any atom is 0.246 e. The van der Waals surface area contributed by atoms with Gasteiger partial charge in [-0.3, -0.25) is 9.79 Å². The summed E-state index contributed by atoms with van der Waals surface area (Å²) in [6.07, 6.45) is 4.25. The van der Waals surface area contributed by atoms with E-state index in [0.29, 0.717) is 23.0 Å². The van der Waals surface area contributed by atoms with Crippen molar-refractivity contribution in [2.24, 2.45) is 10.7 Å². The van der Waals surface area contributed by atoms with Gasteiger partial charge in [0.2, 0.25) is 11.9 Å². The normalized spacial score (nSPS) is 16.6. The fraction of sp³-hybridized carbons (Fsp3) is 0.263. The van der Waals surface area contributed by atoms with E-state index < -0.39 is 17.5 Å². The Morgan fingerprint density at radius 1 is 1.37 bits per heavy atom. The number of amides is 1. The molecule has 1 atom stereocenters. The first-order valence-corrected chi connectivity index (χ1v) is 8.98. The Morgan fingerprint density at radius 2 is 2.07 bits per heavy atom. The third-order valence-corrected chi connectivity index (χ3v) is 4.56. The van der Waals surface area contributed by atoms with E-state index in [0.717, 1.165) is 12.1 Å². The molecule has 2 heterocycles. The largest absolute Gasteiger partial charge is 0.404 e.